The Kier molecular flexibility index (Phi) is 5.40. The largest absolute Gasteiger partial charge is 0.465 e. The van der Waals surface area contributed by atoms with Crippen molar-refractivity contribution in [2.45, 2.75) is 45.1 Å². The molecule has 1 rings (SSSR count). The highest BCUT2D eigenvalue weighted by atomic mass is 16.5. The molecule has 2 N–H and O–H groups in total. The van der Waals surface area contributed by atoms with E-state index in [1.807, 2.05) is 7.05 Å². The number of carbonyl (C=O) groups excluding carboxylic acids is 1. The lowest BCUT2D eigenvalue weighted by molar-refractivity contribution is -0.149. The Labute approximate surface area is 104 Å². The van der Waals surface area contributed by atoms with Crippen LogP contribution in [0.15, 0.2) is 0 Å². The van der Waals surface area contributed by atoms with Gasteiger partial charge in [0.05, 0.1) is 6.61 Å². The maximum absolute atomic E-state index is 11.7. The summed E-state index contributed by atoms with van der Waals surface area (Å²) in [5, 5.41) is 0. The van der Waals surface area contributed by atoms with Crippen molar-refractivity contribution in [3.63, 3.8) is 0 Å². The van der Waals surface area contributed by atoms with E-state index < -0.39 is 5.54 Å². The van der Waals surface area contributed by atoms with Crippen molar-refractivity contribution < 1.29 is 9.53 Å². The lowest BCUT2D eigenvalue weighted by Crippen LogP contribution is -2.54. The molecule has 0 saturated heterocycles. The van der Waals surface area contributed by atoms with Crippen LogP contribution in [0.3, 0.4) is 0 Å². The SMILES string of the molecule is CCOC(=O)C(C)(N)CN(C)CC1CCCC1. The second-order valence-corrected chi connectivity index (χ2v) is 5.49. The third-order valence-electron chi connectivity index (χ3n) is 3.38. The minimum atomic E-state index is -0.899. The van der Waals surface area contributed by atoms with Crippen molar-refractivity contribution in [2.24, 2.45) is 11.7 Å². The van der Waals surface area contributed by atoms with Gasteiger partial charge in [0.15, 0.2) is 0 Å². The molecule has 0 bridgehead atoms. The van der Waals surface area contributed by atoms with Crippen molar-refractivity contribution in [1.82, 2.24) is 4.90 Å². The Balaban J connectivity index is 2.37. The summed E-state index contributed by atoms with van der Waals surface area (Å²) in [6, 6.07) is 0. The quantitative estimate of drug-likeness (QED) is 0.715. The molecule has 17 heavy (non-hydrogen) atoms. The number of esters is 1. The lowest BCUT2D eigenvalue weighted by atomic mass is 10.0. The Morgan fingerprint density at radius 2 is 2.06 bits per heavy atom. The van der Waals surface area contributed by atoms with Gasteiger partial charge in [-0.15, -0.1) is 0 Å². The Morgan fingerprint density at radius 1 is 1.47 bits per heavy atom. The van der Waals surface area contributed by atoms with E-state index in [0.717, 1.165) is 12.5 Å². The van der Waals surface area contributed by atoms with E-state index in [1.54, 1.807) is 13.8 Å². The molecule has 0 amide bonds. The summed E-state index contributed by atoms with van der Waals surface area (Å²) in [5.74, 6) is 0.469. The van der Waals surface area contributed by atoms with Crippen molar-refractivity contribution in [3.05, 3.63) is 0 Å². The first kappa shape index (κ1) is 14.5. The highest BCUT2D eigenvalue weighted by Gasteiger charge is 2.32. The minimum Gasteiger partial charge on any atom is -0.465 e. The van der Waals surface area contributed by atoms with Gasteiger partial charge in [0, 0.05) is 13.1 Å². The molecule has 0 aromatic heterocycles. The van der Waals surface area contributed by atoms with Gasteiger partial charge >= 0.3 is 5.97 Å². The zero-order valence-corrected chi connectivity index (χ0v) is 11.4. The van der Waals surface area contributed by atoms with Gasteiger partial charge in [0.25, 0.3) is 0 Å². The van der Waals surface area contributed by atoms with Crippen LogP contribution in [-0.2, 0) is 9.53 Å². The van der Waals surface area contributed by atoms with Crippen LogP contribution in [0.25, 0.3) is 0 Å². The van der Waals surface area contributed by atoms with Gasteiger partial charge in [-0.05, 0) is 39.7 Å². The van der Waals surface area contributed by atoms with Crippen molar-refractivity contribution >= 4 is 5.97 Å². The summed E-state index contributed by atoms with van der Waals surface area (Å²) in [6.07, 6.45) is 5.31. The van der Waals surface area contributed by atoms with Crippen LogP contribution in [0.5, 0.6) is 0 Å². The third-order valence-corrected chi connectivity index (χ3v) is 3.38. The van der Waals surface area contributed by atoms with Gasteiger partial charge < -0.3 is 15.4 Å². The van der Waals surface area contributed by atoms with Crippen LogP contribution in [0.4, 0.5) is 0 Å². The molecule has 1 saturated carbocycles. The molecule has 1 aliphatic rings. The van der Waals surface area contributed by atoms with E-state index in [9.17, 15) is 4.79 Å². The van der Waals surface area contributed by atoms with E-state index >= 15 is 0 Å². The van der Waals surface area contributed by atoms with Gasteiger partial charge in [-0.2, -0.15) is 0 Å². The molecule has 0 aliphatic heterocycles. The van der Waals surface area contributed by atoms with Crippen LogP contribution in [-0.4, -0.2) is 43.2 Å². The molecule has 0 spiro atoms. The predicted molar refractivity (Wildman–Crippen MR) is 68.7 cm³/mol. The average Bonchev–Trinajstić information content (AvgIpc) is 2.69. The fraction of sp³-hybridized carbons (Fsp3) is 0.923. The summed E-state index contributed by atoms with van der Waals surface area (Å²) < 4.78 is 4.99. The number of carbonyl (C=O) groups is 1. The summed E-state index contributed by atoms with van der Waals surface area (Å²) >= 11 is 0. The fourth-order valence-corrected chi connectivity index (χ4v) is 2.62. The number of rotatable bonds is 6. The highest BCUT2D eigenvalue weighted by Crippen LogP contribution is 2.25. The zero-order valence-electron chi connectivity index (χ0n) is 11.4. The Bertz CT molecular complexity index is 248. The third kappa shape index (κ3) is 4.64. The number of hydrogen-bond donors (Lipinski definition) is 1. The van der Waals surface area contributed by atoms with Gasteiger partial charge in [0.2, 0.25) is 0 Å². The summed E-state index contributed by atoms with van der Waals surface area (Å²) in [5.41, 5.74) is 5.11. The standard InChI is InChI=1S/C13H26N2O2/c1-4-17-12(16)13(2,14)10-15(3)9-11-7-5-6-8-11/h11H,4-10,14H2,1-3H3. The topological polar surface area (TPSA) is 55.6 Å². The van der Waals surface area contributed by atoms with Crippen molar-refractivity contribution in [2.75, 3.05) is 26.7 Å². The maximum atomic E-state index is 11.7. The average molecular weight is 242 g/mol. The van der Waals surface area contributed by atoms with Crippen LogP contribution in [0.2, 0.25) is 0 Å². The number of nitrogens with two attached hydrogens (primary N) is 1. The second-order valence-electron chi connectivity index (χ2n) is 5.49. The molecule has 1 fully saturated rings. The van der Waals surface area contributed by atoms with Gasteiger partial charge in [-0.3, -0.25) is 4.79 Å². The molecule has 4 nitrogen and oxygen atoms in total. The van der Waals surface area contributed by atoms with E-state index in [0.29, 0.717) is 13.2 Å². The normalized spacial score (nSPS) is 20.5. The number of likely N-dealkylation sites (N-methyl/N-ethyl adjacent to an activating group) is 1. The Hall–Kier alpha value is -0.610. The first-order valence-corrected chi connectivity index (χ1v) is 6.60. The first-order valence-electron chi connectivity index (χ1n) is 6.60. The second kappa shape index (κ2) is 6.36. The van der Waals surface area contributed by atoms with Gasteiger partial charge in [0.1, 0.15) is 5.54 Å². The summed E-state index contributed by atoms with van der Waals surface area (Å²) in [6.45, 7) is 5.53. The minimum absolute atomic E-state index is 0.307. The maximum Gasteiger partial charge on any atom is 0.327 e. The number of nitrogens with zero attached hydrogens (tertiary/aromatic N) is 1. The molecule has 0 aromatic carbocycles. The molecule has 0 radical (unpaired) electrons. The number of ether oxygens (including phenoxy) is 1. The smallest absolute Gasteiger partial charge is 0.327 e. The van der Waals surface area contributed by atoms with Gasteiger partial charge in [-0.25, -0.2) is 0 Å². The number of hydrogen-bond acceptors (Lipinski definition) is 4. The molecule has 0 heterocycles. The molecule has 1 atom stereocenters. The van der Waals surface area contributed by atoms with Gasteiger partial charge in [-0.1, -0.05) is 12.8 Å². The predicted octanol–water partition coefficient (Wildman–Crippen LogP) is 1.39. The monoisotopic (exact) mass is 242 g/mol. The van der Waals surface area contributed by atoms with Crippen LogP contribution in [0.1, 0.15) is 39.5 Å². The van der Waals surface area contributed by atoms with E-state index in [-0.39, 0.29) is 5.97 Å². The van der Waals surface area contributed by atoms with Crippen LogP contribution >= 0.6 is 0 Å². The lowest BCUT2D eigenvalue weighted by Gasteiger charge is -2.29. The first-order chi connectivity index (χ1) is 7.95. The van der Waals surface area contributed by atoms with E-state index in [1.165, 1.54) is 25.7 Å². The fourth-order valence-electron chi connectivity index (χ4n) is 2.62. The molecule has 0 aromatic rings. The molecular formula is C13H26N2O2. The summed E-state index contributed by atoms with van der Waals surface area (Å²) in [4.78, 5) is 13.8. The highest BCUT2D eigenvalue weighted by molar-refractivity contribution is 5.80. The summed E-state index contributed by atoms with van der Waals surface area (Å²) in [7, 11) is 2.03. The molecule has 1 unspecified atom stereocenters. The van der Waals surface area contributed by atoms with E-state index in [4.69, 9.17) is 10.5 Å². The Morgan fingerprint density at radius 3 is 2.59 bits per heavy atom. The molecule has 1 aliphatic carbocycles. The van der Waals surface area contributed by atoms with Crippen LogP contribution in [0, 0.1) is 5.92 Å². The van der Waals surface area contributed by atoms with Crippen molar-refractivity contribution in [1.29, 1.82) is 0 Å². The zero-order chi connectivity index (χ0) is 12.9. The molecule has 100 valence electrons. The van der Waals surface area contributed by atoms with Crippen LogP contribution < -0.4 is 5.73 Å². The molecular weight excluding hydrogens is 216 g/mol. The van der Waals surface area contributed by atoms with E-state index in [2.05, 4.69) is 4.90 Å². The van der Waals surface area contributed by atoms with Crippen molar-refractivity contribution in [3.8, 4) is 0 Å². The molecule has 4 heteroatoms.